The van der Waals surface area contributed by atoms with Gasteiger partial charge < -0.3 is 19.4 Å². The van der Waals surface area contributed by atoms with Crippen molar-refractivity contribution in [3.05, 3.63) is 35.4 Å². The Labute approximate surface area is 189 Å². The highest BCUT2D eigenvalue weighted by molar-refractivity contribution is 6.34. The van der Waals surface area contributed by atoms with Crippen molar-refractivity contribution >= 4 is 23.5 Å². The fourth-order valence-electron chi connectivity index (χ4n) is 4.02. The normalized spacial score (nSPS) is 16.9. The number of rotatable bonds is 6. The molecule has 1 aromatic rings. The van der Waals surface area contributed by atoms with Crippen molar-refractivity contribution < 1.29 is 23.9 Å². The van der Waals surface area contributed by atoms with Gasteiger partial charge in [0.1, 0.15) is 0 Å². The van der Waals surface area contributed by atoms with Crippen LogP contribution in [0, 0.1) is 5.92 Å². The highest BCUT2D eigenvalue weighted by Gasteiger charge is 2.31. The van der Waals surface area contributed by atoms with Crippen molar-refractivity contribution in [3.8, 4) is 0 Å². The molecule has 2 aliphatic heterocycles. The van der Waals surface area contributed by atoms with E-state index >= 15 is 0 Å². The molecule has 0 atom stereocenters. The van der Waals surface area contributed by atoms with Crippen LogP contribution < -0.4 is 0 Å². The zero-order valence-corrected chi connectivity index (χ0v) is 19.0. The Hall–Kier alpha value is -2.74. The molecule has 1 aromatic carbocycles. The summed E-state index contributed by atoms with van der Waals surface area (Å²) in [4.78, 5) is 54.5. The average Bonchev–Trinajstić information content (AvgIpc) is 2.82. The van der Waals surface area contributed by atoms with Crippen LogP contribution in [0.15, 0.2) is 24.3 Å². The summed E-state index contributed by atoms with van der Waals surface area (Å²) < 4.78 is 5.22. The molecule has 174 valence electrons. The van der Waals surface area contributed by atoms with E-state index in [9.17, 15) is 19.2 Å². The van der Waals surface area contributed by atoms with Crippen LogP contribution in [0.25, 0.3) is 0 Å². The topological polar surface area (TPSA) is 87.2 Å². The largest absolute Gasteiger partial charge is 0.378 e. The fraction of sp³-hybridized carbons (Fsp3) is 0.583. The van der Waals surface area contributed by atoms with E-state index in [-0.39, 0.29) is 24.5 Å². The second-order valence-corrected chi connectivity index (χ2v) is 8.80. The summed E-state index contributed by atoms with van der Waals surface area (Å²) in [6.07, 6.45) is 1.28. The fourth-order valence-corrected chi connectivity index (χ4v) is 4.02. The van der Waals surface area contributed by atoms with Gasteiger partial charge in [0.05, 0.1) is 13.2 Å². The summed E-state index contributed by atoms with van der Waals surface area (Å²) >= 11 is 0. The van der Waals surface area contributed by atoms with Gasteiger partial charge in [-0.2, -0.15) is 0 Å². The summed E-state index contributed by atoms with van der Waals surface area (Å²) in [6, 6.07) is 7.62. The van der Waals surface area contributed by atoms with Gasteiger partial charge in [-0.1, -0.05) is 38.1 Å². The highest BCUT2D eigenvalue weighted by atomic mass is 16.5. The second-order valence-electron chi connectivity index (χ2n) is 8.80. The molecule has 0 radical (unpaired) electrons. The number of carbonyl (C=O) groups excluding carboxylic acids is 4. The number of ether oxygens (including phenoxy) is 1. The Kier molecular flexibility index (Phi) is 8.39. The number of piperazine rings is 1. The van der Waals surface area contributed by atoms with E-state index in [0.717, 1.165) is 6.42 Å². The molecule has 2 fully saturated rings. The first-order valence-electron chi connectivity index (χ1n) is 11.4. The lowest BCUT2D eigenvalue weighted by Gasteiger charge is -2.35. The lowest BCUT2D eigenvalue weighted by atomic mass is 9.99. The van der Waals surface area contributed by atoms with Crippen LogP contribution in [0.3, 0.4) is 0 Å². The summed E-state index contributed by atoms with van der Waals surface area (Å²) in [5.74, 6) is -0.601. The van der Waals surface area contributed by atoms with E-state index < -0.39 is 11.8 Å². The lowest BCUT2D eigenvalue weighted by molar-refractivity contribution is -0.155. The maximum atomic E-state index is 12.5. The molecule has 2 saturated heterocycles. The third-order valence-electron chi connectivity index (χ3n) is 5.89. The van der Waals surface area contributed by atoms with Gasteiger partial charge in [-0.25, -0.2) is 0 Å². The molecule has 0 saturated carbocycles. The number of nitrogens with zero attached hydrogens (tertiary/aromatic N) is 3. The Morgan fingerprint density at radius 1 is 0.781 bits per heavy atom. The number of hydrogen-bond donors (Lipinski definition) is 0. The molecule has 3 rings (SSSR count). The number of amides is 3. The zero-order valence-electron chi connectivity index (χ0n) is 19.0. The van der Waals surface area contributed by atoms with Crippen LogP contribution >= 0.6 is 0 Å². The van der Waals surface area contributed by atoms with Gasteiger partial charge in [0.25, 0.3) is 0 Å². The third-order valence-corrected chi connectivity index (χ3v) is 5.89. The lowest BCUT2D eigenvalue weighted by Crippen LogP contribution is -2.55. The third kappa shape index (κ3) is 6.38. The molecule has 0 bridgehead atoms. The van der Waals surface area contributed by atoms with E-state index in [4.69, 9.17) is 4.74 Å². The van der Waals surface area contributed by atoms with Crippen molar-refractivity contribution in [1.82, 2.24) is 14.7 Å². The Bertz CT molecular complexity index is 823. The molecule has 8 heteroatoms. The van der Waals surface area contributed by atoms with Gasteiger partial charge in [0.2, 0.25) is 5.91 Å². The number of benzene rings is 1. The van der Waals surface area contributed by atoms with Crippen molar-refractivity contribution in [2.24, 2.45) is 5.92 Å². The monoisotopic (exact) mass is 443 g/mol. The summed E-state index contributed by atoms with van der Waals surface area (Å²) in [6.45, 7) is 7.46. The van der Waals surface area contributed by atoms with Crippen molar-refractivity contribution in [1.29, 1.82) is 0 Å². The number of hydrogen-bond acceptors (Lipinski definition) is 5. The minimum absolute atomic E-state index is 0.0423. The molecule has 0 aromatic heterocycles. The van der Waals surface area contributed by atoms with Crippen LogP contribution in [0.2, 0.25) is 0 Å². The molecule has 0 N–H and O–H groups in total. The maximum absolute atomic E-state index is 12.5. The molecule has 3 amide bonds. The first-order valence-corrected chi connectivity index (χ1v) is 11.4. The summed E-state index contributed by atoms with van der Waals surface area (Å²) in [5, 5.41) is 0. The molecule has 0 aliphatic carbocycles. The predicted octanol–water partition coefficient (Wildman–Crippen LogP) is 1.38. The van der Waals surface area contributed by atoms with Gasteiger partial charge >= 0.3 is 11.8 Å². The Morgan fingerprint density at radius 3 is 1.88 bits per heavy atom. The van der Waals surface area contributed by atoms with E-state index in [0.29, 0.717) is 64.0 Å². The minimum Gasteiger partial charge on any atom is -0.378 e. The summed E-state index contributed by atoms with van der Waals surface area (Å²) in [7, 11) is 0. The minimum atomic E-state index is -0.518. The van der Waals surface area contributed by atoms with Crippen LogP contribution in [-0.4, -0.2) is 90.7 Å². The van der Waals surface area contributed by atoms with Crippen molar-refractivity contribution in [2.75, 3.05) is 52.5 Å². The van der Waals surface area contributed by atoms with Crippen LogP contribution in [0.5, 0.6) is 0 Å². The predicted molar refractivity (Wildman–Crippen MR) is 119 cm³/mol. The van der Waals surface area contributed by atoms with Gasteiger partial charge in [-0.05, 0) is 17.9 Å². The highest BCUT2D eigenvalue weighted by Crippen LogP contribution is 2.13. The number of ketones is 1. The van der Waals surface area contributed by atoms with E-state index in [1.807, 2.05) is 24.3 Å². The van der Waals surface area contributed by atoms with Crippen molar-refractivity contribution in [3.63, 3.8) is 0 Å². The van der Waals surface area contributed by atoms with Crippen LogP contribution in [0.1, 0.15) is 42.6 Å². The van der Waals surface area contributed by atoms with Gasteiger partial charge in [-0.3, -0.25) is 19.2 Å². The van der Waals surface area contributed by atoms with E-state index in [1.165, 1.54) is 15.4 Å². The quantitative estimate of drug-likeness (QED) is 0.490. The zero-order chi connectivity index (χ0) is 23.1. The number of morpholine rings is 1. The number of carbonyl (C=O) groups is 4. The number of Topliss-reactive ketones (excluding diaryl/α,β-unsaturated/α-hetero) is 1. The Balaban J connectivity index is 1.41. The second kappa shape index (κ2) is 11.2. The molecule has 0 unspecified atom stereocenters. The average molecular weight is 444 g/mol. The molecular formula is C24H33N3O5. The molecule has 2 aliphatic rings. The Morgan fingerprint density at radius 2 is 1.31 bits per heavy atom. The van der Waals surface area contributed by atoms with Crippen molar-refractivity contribution in [2.45, 2.75) is 33.1 Å². The smallest absolute Gasteiger partial charge is 0.312 e. The molecule has 2 heterocycles. The maximum Gasteiger partial charge on any atom is 0.312 e. The molecule has 32 heavy (non-hydrogen) atoms. The van der Waals surface area contributed by atoms with E-state index in [1.54, 1.807) is 4.90 Å². The SMILES string of the molecule is CC(C)Cc1ccc(C(=O)CCC(=O)N2CCN(C(=O)C(=O)N3CCOCC3)CC2)cc1. The first-order chi connectivity index (χ1) is 15.3. The van der Waals surface area contributed by atoms with Gasteiger partial charge in [0.15, 0.2) is 5.78 Å². The molecular weight excluding hydrogens is 410 g/mol. The molecule has 8 nitrogen and oxygen atoms in total. The van der Waals surface area contributed by atoms with Gasteiger partial charge in [-0.15, -0.1) is 0 Å². The standard InChI is InChI=1S/C24H33N3O5/c1-18(2)17-19-3-5-20(6-4-19)21(28)7-8-22(29)25-9-11-26(12-10-25)23(30)24(31)27-13-15-32-16-14-27/h3-6,18H,7-17H2,1-2H3. The van der Waals surface area contributed by atoms with Crippen LogP contribution in [0.4, 0.5) is 0 Å². The first kappa shape index (κ1) is 23.9. The van der Waals surface area contributed by atoms with Gasteiger partial charge in [0, 0.05) is 57.7 Å². The summed E-state index contributed by atoms with van der Waals surface area (Å²) in [5.41, 5.74) is 1.83. The molecule has 0 spiro atoms. The van der Waals surface area contributed by atoms with E-state index in [2.05, 4.69) is 13.8 Å². The van der Waals surface area contributed by atoms with Crippen LogP contribution in [-0.2, 0) is 25.5 Å².